The van der Waals surface area contributed by atoms with Crippen LogP contribution in [0.15, 0.2) is 18.2 Å². The number of benzene rings is 1. The molecule has 1 saturated heterocycles. The third kappa shape index (κ3) is 3.56. The Morgan fingerprint density at radius 1 is 1.24 bits per heavy atom. The summed E-state index contributed by atoms with van der Waals surface area (Å²) in [6.07, 6.45) is 1.73. The highest BCUT2D eigenvalue weighted by molar-refractivity contribution is 5.85. The molecule has 0 bridgehead atoms. The van der Waals surface area contributed by atoms with Crippen LogP contribution in [0.2, 0.25) is 0 Å². The zero-order valence-electron chi connectivity index (χ0n) is 13.5. The Labute approximate surface area is 127 Å². The zero-order valence-corrected chi connectivity index (χ0v) is 13.5. The van der Waals surface area contributed by atoms with E-state index < -0.39 is 5.60 Å². The van der Waals surface area contributed by atoms with Gasteiger partial charge in [0.2, 0.25) is 0 Å². The van der Waals surface area contributed by atoms with E-state index in [4.69, 9.17) is 10.5 Å². The molecule has 116 valence electrons. The first-order valence-electron chi connectivity index (χ1n) is 7.61. The summed E-state index contributed by atoms with van der Waals surface area (Å²) >= 11 is 0. The fourth-order valence-corrected chi connectivity index (χ4v) is 2.74. The van der Waals surface area contributed by atoms with Gasteiger partial charge in [-0.05, 0) is 51.7 Å². The van der Waals surface area contributed by atoms with Gasteiger partial charge in [0.1, 0.15) is 5.75 Å². The van der Waals surface area contributed by atoms with Crippen LogP contribution in [0, 0.1) is 13.8 Å². The summed E-state index contributed by atoms with van der Waals surface area (Å²) < 4.78 is 6.08. The van der Waals surface area contributed by atoms with Crippen molar-refractivity contribution < 1.29 is 9.53 Å². The Morgan fingerprint density at radius 3 is 2.29 bits per heavy atom. The van der Waals surface area contributed by atoms with Crippen molar-refractivity contribution >= 4 is 5.91 Å². The monoisotopic (exact) mass is 290 g/mol. The molecule has 21 heavy (non-hydrogen) atoms. The molecule has 1 fully saturated rings. The first-order valence-corrected chi connectivity index (χ1v) is 7.61. The Kier molecular flexibility index (Phi) is 4.57. The molecule has 1 aliphatic heterocycles. The van der Waals surface area contributed by atoms with Crippen molar-refractivity contribution in [3.8, 4) is 5.75 Å². The van der Waals surface area contributed by atoms with Crippen molar-refractivity contribution in [2.45, 2.75) is 52.2 Å². The average Bonchev–Trinajstić information content (AvgIpc) is 2.43. The third-order valence-corrected chi connectivity index (χ3v) is 4.11. The molecule has 4 nitrogen and oxygen atoms in total. The van der Waals surface area contributed by atoms with Crippen molar-refractivity contribution in [1.82, 2.24) is 4.90 Å². The molecule has 1 aromatic rings. The summed E-state index contributed by atoms with van der Waals surface area (Å²) in [6, 6.07) is 6.22. The number of likely N-dealkylation sites (tertiary alicyclic amines) is 1. The van der Waals surface area contributed by atoms with Gasteiger partial charge in [0, 0.05) is 19.1 Å². The van der Waals surface area contributed by atoms with Gasteiger partial charge in [-0.15, -0.1) is 0 Å². The van der Waals surface area contributed by atoms with E-state index in [0.29, 0.717) is 0 Å². The van der Waals surface area contributed by atoms with E-state index in [9.17, 15) is 4.79 Å². The second-order valence-corrected chi connectivity index (χ2v) is 6.46. The van der Waals surface area contributed by atoms with Crippen molar-refractivity contribution in [3.63, 3.8) is 0 Å². The third-order valence-electron chi connectivity index (χ3n) is 4.11. The molecule has 0 saturated carbocycles. The van der Waals surface area contributed by atoms with Crippen LogP contribution in [0.25, 0.3) is 0 Å². The fraction of sp³-hybridized carbons (Fsp3) is 0.588. The lowest BCUT2D eigenvalue weighted by atomic mass is 10.0. The van der Waals surface area contributed by atoms with E-state index in [1.165, 1.54) is 0 Å². The number of ether oxygens (including phenoxy) is 1. The molecule has 0 atom stereocenters. The molecular weight excluding hydrogens is 264 g/mol. The van der Waals surface area contributed by atoms with Gasteiger partial charge >= 0.3 is 0 Å². The highest BCUT2D eigenvalue weighted by atomic mass is 16.5. The lowest BCUT2D eigenvalue weighted by Gasteiger charge is -2.36. The molecule has 2 N–H and O–H groups in total. The molecular formula is C17H26N2O2. The maximum Gasteiger partial charge on any atom is 0.266 e. The normalized spacial score (nSPS) is 16.9. The molecule has 0 unspecified atom stereocenters. The molecule has 1 aliphatic rings. The van der Waals surface area contributed by atoms with Crippen LogP contribution in [0.4, 0.5) is 0 Å². The van der Waals surface area contributed by atoms with Crippen LogP contribution in [0.5, 0.6) is 5.75 Å². The van der Waals surface area contributed by atoms with Crippen molar-refractivity contribution in [1.29, 1.82) is 0 Å². The number of carbonyl (C=O) groups excluding carboxylic acids is 1. The van der Waals surface area contributed by atoms with Crippen LogP contribution in [0.1, 0.15) is 37.8 Å². The molecule has 1 aromatic carbocycles. The van der Waals surface area contributed by atoms with Gasteiger partial charge in [-0.2, -0.15) is 0 Å². The smallest absolute Gasteiger partial charge is 0.266 e. The Hall–Kier alpha value is -1.55. The Morgan fingerprint density at radius 2 is 1.76 bits per heavy atom. The van der Waals surface area contributed by atoms with Gasteiger partial charge < -0.3 is 15.4 Å². The number of rotatable bonds is 3. The van der Waals surface area contributed by atoms with E-state index >= 15 is 0 Å². The summed E-state index contributed by atoms with van der Waals surface area (Å²) in [5, 5.41) is 0. The van der Waals surface area contributed by atoms with E-state index in [2.05, 4.69) is 0 Å². The first-order chi connectivity index (χ1) is 9.81. The number of aryl methyl sites for hydroxylation is 2. The number of hydrogen-bond donors (Lipinski definition) is 1. The summed E-state index contributed by atoms with van der Waals surface area (Å²) in [5.41, 5.74) is 7.14. The summed E-state index contributed by atoms with van der Waals surface area (Å²) in [5.74, 6) is 0.849. The number of piperidine rings is 1. The minimum Gasteiger partial charge on any atom is -0.477 e. The summed E-state index contributed by atoms with van der Waals surface area (Å²) in [6.45, 7) is 9.14. The molecule has 1 heterocycles. The van der Waals surface area contributed by atoms with Crippen LogP contribution in [-0.2, 0) is 4.79 Å². The molecule has 1 amide bonds. The second-order valence-electron chi connectivity index (χ2n) is 6.46. The Balaban J connectivity index is 2.12. The first kappa shape index (κ1) is 15.8. The van der Waals surface area contributed by atoms with Crippen LogP contribution < -0.4 is 10.5 Å². The highest BCUT2D eigenvalue weighted by Gasteiger charge is 2.36. The SMILES string of the molecule is Cc1cccc(C)c1OC(C)(C)C(=O)N1CCC(N)CC1. The van der Waals surface area contributed by atoms with Crippen LogP contribution in [-0.4, -0.2) is 35.5 Å². The van der Waals surface area contributed by atoms with Gasteiger partial charge in [0.25, 0.3) is 5.91 Å². The van der Waals surface area contributed by atoms with Crippen LogP contribution in [0.3, 0.4) is 0 Å². The number of amides is 1. The second kappa shape index (κ2) is 6.06. The van der Waals surface area contributed by atoms with E-state index in [-0.39, 0.29) is 11.9 Å². The van der Waals surface area contributed by atoms with E-state index in [1.54, 1.807) is 0 Å². The predicted molar refractivity (Wildman–Crippen MR) is 84.4 cm³/mol. The predicted octanol–water partition coefficient (Wildman–Crippen LogP) is 2.41. The molecule has 2 rings (SSSR count). The lowest BCUT2D eigenvalue weighted by Crippen LogP contribution is -2.52. The minimum atomic E-state index is -0.863. The standard InChI is InChI=1S/C17H26N2O2/c1-12-6-5-7-13(2)15(12)21-17(3,4)16(20)19-10-8-14(18)9-11-19/h5-7,14H,8-11,18H2,1-4H3. The molecule has 4 heteroatoms. The Bertz CT molecular complexity index is 497. The molecule has 0 radical (unpaired) electrons. The highest BCUT2D eigenvalue weighted by Crippen LogP contribution is 2.28. The van der Waals surface area contributed by atoms with Crippen molar-refractivity contribution in [2.24, 2.45) is 5.73 Å². The number of nitrogens with zero attached hydrogens (tertiary/aromatic N) is 1. The number of nitrogens with two attached hydrogens (primary N) is 1. The molecule has 0 spiro atoms. The number of para-hydroxylation sites is 1. The molecule has 0 aromatic heterocycles. The van der Waals surface area contributed by atoms with Gasteiger partial charge in [0.15, 0.2) is 5.60 Å². The van der Waals surface area contributed by atoms with Gasteiger partial charge in [-0.3, -0.25) is 4.79 Å². The number of carbonyl (C=O) groups is 1. The average molecular weight is 290 g/mol. The van der Waals surface area contributed by atoms with Crippen LogP contribution >= 0.6 is 0 Å². The molecule has 0 aliphatic carbocycles. The maximum absolute atomic E-state index is 12.7. The largest absolute Gasteiger partial charge is 0.477 e. The van der Waals surface area contributed by atoms with Crippen molar-refractivity contribution in [2.75, 3.05) is 13.1 Å². The van der Waals surface area contributed by atoms with E-state index in [0.717, 1.165) is 42.8 Å². The van der Waals surface area contributed by atoms with E-state index in [1.807, 2.05) is 50.8 Å². The zero-order chi connectivity index (χ0) is 15.6. The van der Waals surface area contributed by atoms with Gasteiger partial charge in [-0.25, -0.2) is 0 Å². The van der Waals surface area contributed by atoms with Gasteiger partial charge in [0.05, 0.1) is 0 Å². The quantitative estimate of drug-likeness (QED) is 0.930. The summed E-state index contributed by atoms with van der Waals surface area (Å²) in [4.78, 5) is 14.6. The maximum atomic E-state index is 12.7. The summed E-state index contributed by atoms with van der Waals surface area (Å²) in [7, 11) is 0. The lowest BCUT2D eigenvalue weighted by molar-refractivity contribution is -0.146. The van der Waals surface area contributed by atoms with Crippen molar-refractivity contribution in [3.05, 3.63) is 29.3 Å². The van der Waals surface area contributed by atoms with Gasteiger partial charge in [-0.1, -0.05) is 18.2 Å². The minimum absolute atomic E-state index is 0.0389. The topological polar surface area (TPSA) is 55.6 Å². The number of hydrogen-bond acceptors (Lipinski definition) is 3. The fourth-order valence-electron chi connectivity index (χ4n) is 2.74.